The van der Waals surface area contributed by atoms with E-state index in [0.29, 0.717) is 18.7 Å². The van der Waals surface area contributed by atoms with Gasteiger partial charge >= 0.3 is 6.03 Å². The molecule has 1 aromatic carbocycles. The lowest BCUT2D eigenvalue weighted by Gasteiger charge is -2.33. The molecule has 0 aliphatic carbocycles. The Morgan fingerprint density at radius 1 is 1.48 bits per heavy atom. The molecule has 0 bridgehead atoms. The van der Waals surface area contributed by atoms with Gasteiger partial charge in [0, 0.05) is 24.1 Å². The number of hydrogen-bond acceptors (Lipinski definition) is 2. The van der Waals surface area contributed by atoms with Crippen molar-refractivity contribution in [2.24, 2.45) is 11.7 Å². The molecule has 1 aliphatic heterocycles. The first kappa shape index (κ1) is 15.8. The molecule has 3 amide bonds. The van der Waals surface area contributed by atoms with E-state index in [4.69, 9.17) is 5.73 Å². The van der Waals surface area contributed by atoms with E-state index in [1.165, 1.54) is 0 Å². The predicted molar refractivity (Wildman–Crippen MR) is 85.1 cm³/mol. The van der Waals surface area contributed by atoms with Crippen LogP contribution in [0.1, 0.15) is 28.8 Å². The van der Waals surface area contributed by atoms with Gasteiger partial charge in [0.05, 0.1) is 5.56 Å². The number of hydrogen-bond donors (Lipinski definition) is 2. The maximum absolute atomic E-state index is 12.6. The summed E-state index contributed by atoms with van der Waals surface area (Å²) in [5.41, 5.74) is 6.89. The van der Waals surface area contributed by atoms with Crippen molar-refractivity contribution in [2.75, 3.05) is 19.6 Å². The number of piperidine rings is 1. The van der Waals surface area contributed by atoms with Gasteiger partial charge in [0.25, 0.3) is 5.91 Å². The van der Waals surface area contributed by atoms with Crippen molar-refractivity contribution in [3.05, 3.63) is 33.8 Å². The van der Waals surface area contributed by atoms with Gasteiger partial charge in [-0.05, 0) is 59.3 Å². The van der Waals surface area contributed by atoms with Crippen LogP contribution in [-0.4, -0.2) is 36.5 Å². The van der Waals surface area contributed by atoms with Gasteiger partial charge in [-0.2, -0.15) is 0 Å². The first-order valence-electron chi connectivity index (χ1n) is 7.06. The number of halogens is 1. The van der Waals surface area contributed by atoms with Crippen LogP contribution in [0.5, 0.6) is 0 Å². The molecular weight excluding hydrogens is 334 g/mol. The summed E-state index contributed by atoms with van der Waals surface area (Å²) < 4.78 is 0.824. The second-order valence-corrected chi connectivity index (χ2v) is 6.34. The lowest BCUT2D eigenvalue weighted by molar-refractivity contribution is 0.0674. The zero-order chi connectivity index (χ0) is 15.4. The fraction of sp³-hybridized carbons (Fsp3) is 0.467. The Hall–Kier alpha value is -1.56. The Kier molecular flexibility index (Phi) is 5.22. The molecule has 1 fully saturated rings. The monoisotopic (exact) mass is 353 g/mol. The quantitative estimate of drug-likeness (QED) is 0.874. The number of aryl methyl sites for hydroxylation is 1. The number of carbonyl (C=O) groups is 2. The molecule has 21 heavy (non-hydrogen) atoms. The van der Waals surface area contributed by atoms with E-state index in [9.17, 15) is 9.59 Å². The number of primary amides is 1. The van der Waals surface area contributed by atoms with Crippen molar-refractivity contribution in [2.45, 2.75) is 19.8 Å². The van der Waals surface area contributed by atoms with Crippen molar-refractivity contribution in [1.82, 2.24) is 10.2 Å². The number of nitrogens with one attached hydrogen (secondary N) is 1. The van der Waals surface area contributed by atoms with Gasteiger partial charge in [-0.3, -0.25) is 4.79 Å². The van der Waals surface area contributed by atoms with Gasteiger partial charge in [-0.1, -0.05) is 6.07 Å². The van der Waals surface area contributed by atoms with Crippen molar-refractivity contribution in [3.8, 4) is 0 Å². The summed E-state index contributed by atoms with van der Waals surface area (Å²) in [5.74, 6) is 0.296. The Morgan fingerprint density at radius 3 is 2.90 bits per heavy atom. The summed E-state index contributed by atoms with van der Waals surface area (Å²) in [6, 6.07) is 5.23. The second-order valence-electron chi connectivity index (χ2n) is 5.49. The highest BCUT2D eigenvalue weighted by atomic mass is 79.9. The number of benzene rings is 1. The van der Waals surface area contributed by atoms with E-state index >= 15 is 0 Å². The molecule has 1 heterocycles. The summed E-state index contributed by atoms with van der Waals surface area (Å²) in [5, 5.41) is 2.62. The molecule has 1 saturated heterocycles. The first-order valence-corrected chi connectivity index (χ1v) is 7.85. The topological polar surface area (TPSA) is 75.4 Å². The lowest BCUT2D eigenvalue weighted by Crippen LogP contribution is -2.44. The summed E-state index contributed by atoms with van der Waals surface area (Å²) >= 11 is 3.46. The number of rotatable bonds is 3. The molecule has 6 heteroatoms. The minimum Gasteiger partial charge on any atom is -0.352 e. The zero-order valence-electron chi connectivity index (χ0n) is 12.1. The Labute approximate surface area is 133 Å². The fourth-order valence-electron chi connectivity index (χ4n) is 2.62. The van der Waals surface area contributed by atoms with Crippen LogP contribution < -0.4 is 11.1 Å². The van der Waals surface area contributed by atoms with Gasteiger partial charge in [-0.25, -0.2) is 4.79 Å². The van der Waals surface area contributed by atoms with Crippen molar-refractivity contribution in [3.63, 3.8) is 0 Å². The van der Waals surface area contributed by atoms with Crippen LogP contribution in [0, 0.1) is 12.8 Å². The number of likely N-dealkylation sites (tertiary alicyclic amines) is 1. The summed E-state index contributed by atoms with van der Waals surface area (Å²) in [4.78, 5) is 25.2. The summed E-state index contributed by atoms with van der Waals surface area (Å²) in [6.07, 6.45) is 1.94. The summed E-state index contributed by atoms with van der Waals surface area (Å²) in [6.45, 7) is 3.92. The number of amides is 3. The average molecular weight is 354 g/mol. The van der Waals surface area contributed by atoms with E-state index in [1.807, 2.05) is 30.0 Å². The van der Waals surface area contributed by atoms with Crippen LogP contribution >= 0.6 is 15.9 Å². The molecule has 3 N–H and O–H groups in total. The van der Waals surface area contributed by atoms with Crippen LogP contribution in [0.15, 0.2) is 22.7 Å². The maximum atomic E-state index is 12.6. The maximum Gasteiger partial charge on any atom is 0.312 e. The van der Waals surface area contributed by atoms with Gasteiger partial charge < -0.3 is 16.0 Å². The second kappa shape index (κ2) is 6.93. The van der Waals surface area contributed by atoms with Crippen LogP contribution in [0.2, 0.25) is 0 Å². The molecule has 114 valence electrons. The highest BCUT2D eigenvalue weighted by Crippen LogP contribution is 2.23. The highest BCUT2D eigenvalue weighted by molar-refractivity contribution is 9.10. The smallest absolute Gasteiger partial charge is 0.312 e. The zero-order valence-corrected chi connectivity index (χ0v) is 13.6. The van der Waals surface area contributed by atoms with E-state index in [-0.39, 0.29) is 11.8 Å². The van der Waals surface area contributed by atoms with E-state index in [0.717, 1.165) is 29.4 Å². The molecule has 1 unspecified atom stereocenters. The van der Waals surface area contributed by atoms with Crippen molar-refractivity contribution >= 4 is 27.9 Å². The molecular formula is C15H20BrN3O2. The van der Waals surface area contributed by atoms with Crippen LogP contribution in [-0.2, 0) is 0 Å². The van der Waals surface area contributed by atoms with E-state index in [1.54, 1.807) is 0 Å². The Balaban J connectivity index is 2.03. The van der Waals surface area contributed by atoms with Crippen molar-refractivity contribution < 1.29 is 9.59 Å². The Bertz CT molecular complexity index is 548. The molecule has 0 aromatic heterocycles. The molecule has 1 aromatic rings. The fourth-order valence-corrected chi connectivity index (χ4v) is 3.29. The van der Waals surface area contributed by atoms with Crippen molar-refractivity contribution in [1.29, 1.82) is 0 Å². The molecule has 2 rings (SSSR count). The number of urea groups is 1. The minimum atomic E-state index is -0.514. The third kappa shape index (κ3) is 4.20. The molecule has 1 aliphatic rings. The van der Waals surface area contributed by atoms with Crippen LogP contribution in [0.3, 0.4) is 0 Å². The predicted octanol–water partition coefficient (Wildman–Crippen LogP) is 2.28. The molecule has 0 radical (unpaired) electrons. The van der Waals surface area contributed by atoms with Gasteiger partial charge in [0.1, 0.15) is 0 Å². The number of carbonyl (C=O) groups excluding carboxylic acids is 2. The average Bonchev–Trinajstić information content (AvgIpc) is 2.45. The molecule has 1 atom stereocenters. The third-order valence-corrected chi connectivity index (χ3v) is 4.38. The SMILES string of the molecule is Cc1ccc(C(=O)N2CCCC(CNC(N)=O)C2)c(Br)c1. The molecule has 5 nitrogen and oxygen atoms in total. The standard InChI is InChI=1S/C15H20BrN3O2/c1-10-4-5-12(13(16)7-10)14(20)19-6-2-3-11(9-19)8-18-15(17)21/h4-5,7,11H,2-3,6,8-9H2,1H3,(H3,17,18,21). The minimum absolute atomic E-state index is 0.0330. The number of nitrogens with two attached hydrogens (primary N) is 1. The molecule has 0 saturated carbocycles. The first-order chi connectivity index (χ1) is 9.97. The van der Waals surface area contributed by atoms with Gasteiger partial charge in [0.2, 0.25) is 0 Å². The van der Waals surface area contributed by atoms with E-state index in [2.05, 4.69) is 21.2 Å². The third-order valence-electron chi connectivity index (χ3n) is 3.73. The molecule has 0 spiro atoms. The lowest BCUT2D eigenvalue weighted by atomic mass is 9.97. The summed E-state index contributed by atoms with van der Waals surface area (Å²) in [7, 11) is 0. The Morgan fingerprint density at radius 2 is 2.24 bits per heavy atom. The normalized spacial score (nSPS) is 18.4. The largest absolute Gasteiger partial charge is 0.352 e. The van der Waals surface area contributed by atoms with E-state index < -0.39 is 6.03 Å². The van der Waals surface area contributed by atoms with Gasteiger partial charge in [0.15, 0.2) is 0 Å². The van der Waals surface area contributed by atoms with Gasteiger partial charge in [-0.15, -0.1) is 0 Å². The highest BCUT2D eigenvalue weighted by Gasteiger charge is 2.25. The van der Waals surface area contributed by atoms with Crippen LogP contribution in [0.4, 0.5) is 4.79 Å². The van der Waals surface area contributed by atoms with Crippen LogP contribution in [0.25, 0.3) is 0 Å². The number of nitrogens with zero attached hydrogens (tertiary/aromatic N) is 1.